The Bertz CT molecular complexity index is 1470. The van der Waals surface area contributed by atoms with Crippen molar-refractivity contribution in [3.63, 3.8) is 0 Å². The normalized spacial score (nSPS) is 12.2. The minimum Gasteiger partial charge on any atom is -0.256 e. The molecule has 32 heavy (non-hydrogen) atoms. The topological polar surface area (TPSA) is 25.8 Å². The van der Waals surface area contributed by atoms with Crippen LogP contribution < -0.4 is 0 Å². The van der Waals surface area contributed by atoms with Crippen LogP contribution in [0.4, 0.5) is 0 Å². The van der Waals surface area contributed by atoms with Gasteiger partial charge in [0.1, 0.15) is 0 Å². The Morgan fingerprint density at radius 1 is 0.562 bits per heavy atom. The molecule has 0 bridgehead atoms. The van der Waals surface area contributed by atoms with E-state index in [1.165, 1.54) is 37.9 Å². The van der Waals surface area contributed by atoms with Gasteiger partial charge in [-0.2, -0.15) is 0 Å². The molecule has 0 saturated heterocycles. The van der Waals surface area contributed by atoms with Crippen molar-refractivity contribution < 1.29 is 0 Å². The Morgan fingerprint density at radius 3 is 1.53 bits per heavy atom. The molecule has 0 fully saturated rings. The molecule has 0 spiro atoms. The summed E-state index contributed by atoms with van der Waals surface area (Å²) in [6, 6.07) is 28.3. The van der Waals surface area contributed by atoms with Crippen LogP contribution in [0, 0.1) is 0 Å². The number of hydrogen-bond acceptors (Lipinski definition) is 2. The lowest BCUT2D eigenvalue weighted by Gasteiger charge is -2.22. The summed E-state index contributed by atoms with van der Waals surface area (Å²) in [6.45, 7) is 6.83. The minimum absolute atomic E-state index is 0.0999. The molecule has 2 aromatic heterocycles. The number of aromatic nitrogens is 2. The zero-order valence-corrected chi connectivity index (χ0v) is 18.6. The Labute approximate surface area is 187 Å². The second kappa shape index (κ2) is 6.86. The highest BCUT2D eigenvalue weighted by Crippen LogP contribution is 2.44. The average molecular weight is 413 g/mol. The highest BCUT2D eigenvalue weighted by molar-refractivity contribution is 6.28. The largest absolute Gasteiger partial charge is 0.256 e. The van der Waals surface area contributed by atoms with Gasteiger partial charge in [0.15, 0.2) is 0 Å². The highest BCUT2D eigenvalue weighted by atomic mass is 14.7. The third kappa shape index (κ3) is 2.87. The molecule has 2 heteroatoms. The molecule has 154 valence electrons. The van der Waals surface area contributed by atoms with Gasteiger partial charge in [-0.15, -0.1) is 0 Å². The maximum Gasteiger partial charge on any atom is 0.0708 e. The van der Waals surface area contributed by atoms with Crippen LogP contribution in [-0.4, -0.2) is 9.97 Å². The first-order valence-electron chi connectivity index (χ1n) is 11.1. The number of benzene rings is 4. The van der Waals surface area contributed by atoms with Gasteiger partial charge in [0.25, 0.3) is 0 Å². The molecule has 0 N–H and O–H groups in total. The van der Waals surface area contributed by atoms with Gasteiger partial charge in [-0.05, 0) is 73.6 Å². The van der Waals surface area contributed by atoms with Crippen molar-refractivity contribution in [3.8, 4) is 22.5 Å². The van der Waals surface area contributed by atoms with Gasteiger partial charge >= 0.3 is 0 Å². The summed E-state index contributed by atoms with van der Waals surface area (Å²) in [5.41, 5.74) is 5.72. The van der Waals surface area contributed by atoms with Crippen LogP contribution in [0.25, 0.3) is 54.8 Å². The van der Waals surface area contributed by atoms with E-state index in [-0.39, 0.29) is 5.41 Å². The fourth-order valence-electron chi connectivity index (χ4n) is 4.82. The molecule has 6 rings (SSSR count). The quantitative estimate of drug-likeness (QED) is 0.269. The molecule has 2 nitrogen and oxygen atoms in total. The van der Waals surface area contributed by atoms with Crippen molar-refractivity contribution in [2.75, 3.05) is 0 Å². The number of rotatable bonds is 2. The Kier molecular flexibility index (Phi) is 4.06. The van der Waals surface area contributed by atoms with E-state index in [0.717, 1.165) is 22.5 Å². The predicted molar refractivity (Wildman–Crippen MR) is 135 cm³/mol. The predicted octanol–water partition coefficient (Wildman–Crippen LogP) is 8.01. The summed E-state index contributed by atoms with van der Waals surface area (Å²) in [5.74, 6) is 0. The second-order valence-corrected chi connectivity index (χ2v) is 9.55. The van der Waals surface area contributed by atoms with Gasteiger partial charge in [-0.1, -0.05) is 69.3 Å². The van der Waals surface area contributed by atoms with Crippen molar-refractivity contribution in [1.82, 2.24) is 9.97 Å². The Morgan fingerprint density at radius 2 is 1.09 bits per heavy atom. The average Bonchev–Trinajstić information content (AvgIpc) is 2.82. The van der Waals surface area contributed by atoms with Crippen molar-refractivity contribution in [3.05, 3.63) is 96.8 Å². The van der Waals surface area contributed by atoms with E-state index in [4.69, 9.17) is 9.97 Å². The first kappa shape index (κ1) is 18.9. The lowest BCUT2D eigenvalue weighted by Crippen LogP contribution is -2.10. The molecule has 0 aliphatic rings. The van der Waals surface area contributed by atoms with Gasteiger partial charge in [0, 0.05) is 23.5 Å². The molecule has 0 atom stereocenters. The van der Waals surface area contributed by atoms with Gasteiger partial charge in [-0.25, -0.2) is 0 Å². The molecular formula is C30H24N2. The van der Waals surface area contributed by atoms with Gasteiger partial charge in [0.2, 0.25) is 0 Å². The third-order valence-corrected chi connectivity index (χ3v) is 6.46. The van der Waals surface area contributed by atoms with E-state index in [9.17, 15) is 0 Å². The number of hydrogen-bond donors (Lipinski definition) is 0. The molecule has 4 aromatic carbocycles. The molecular weight excluding hydrogens is 388 g/mol. The van der Waals surface area contributed by atoms with Crippen LogP contribution in [0.2, 0.25) is 0 Å². The van der Waals surface area contributed by atoms with Gasteiger partial charge in [0.05, 0.1) is 11.4 Å². The molecule has 0 amide bonds. The van der Waals surface area contributed by atoms with E-state index in [1.54, 1.807) is 0 Å². The van der Waals surface area contributed by atoms with Gasteiger partial charge in [-0.3, -0.25) is 9.97 Å². The molecule has 6 aromatic rings. The smallest absolute Gasteiger partial charge is 0.0708 e. The Hall–Kier alpha value is -3.78. The van der Waals surface area contributed by atoms with Crippen LogP contribution in [-0.2, 0) is 5.41 Å². The summed E-state index contributed by atoms with van der Waals surface area (Å²) in [6.07, 6.45) is 3.73. The fourth-order valence-corrected chi connectivity index (χ4v) is 4.82. The fraction of sp³-hybridized carbons (Fsp3) is 0.133. The van der Waals surface area contributed by atoms with E-state index < -0.39 is 0 Å². The summed E-state index contributed by atoms with van der Waals surface area (Å²) in [4.78, 5) is 9.38. The van der Waals surface area contributed by atoms with E-state index >= 15 is 0 Å². The summed E-state index contributed by atoms with van der Waals surface area (Å²) >= 11 is 0. The SMILES string of the molecule is CC(C)(C)c1cc2ccc3c(-c4ccccn4)cc(-c4ccccn4)c4ccc(c1)c2c34. The molecule has 0 saturated carbocycles. The lowest BCUT2D eigenvalue weighted by molar-refractivity contribution is 0.591. The van der Waals surface area contributed by atoms with Gasteiger partial charge < -0.3 is 0 Å². The first-order valence-corrected chi connectivity index (χ1v) is 11.1. The van der Waals surface area contributed by atoms with Crippen molar-refractivity contribution in [2.45, 2.75) is 26.2 Å². The van der Waals surface area contributed by atoms with Crippen molar-refractivity contribution in [1.29, 1.82) is 0 Å². The molecule has 0 aliphatic carbocycles. The molecule has 0 radical (unpaired) electrons. The third-order valence-electron chi connectivity index (χ3n) is 6.46. The van der Waals surface area contributed by atoms with Crippen LogP contribution >= 0.6 is 0 Å². The maximum absolute atomic E-state index is 4.69. The van der Waals surface area contributed by atoms with E-state index in [0.29, 0.717) is 0 Å². The second-order valence-electron chi connectivity index (χ2n) is 9.55. The van der Waals surface area contributed by atoms with Crippen LogP contribution in [0.15, 0.2) is 91.3 Å². The highest BCUT2D eigenvalue weighted by Gasteiger charge is 2.20. The van der Waals surface area contributed by atoms with Crippen LogP contribution in [0.3, 0.4) is 0 Å². The molecule has 0 aliphatic heterocycles. The monoisotopic (exact) mass is 412 g/mol. The number of nitrogens with zero attached hydrogens (tertiary/aromatic N) is 2. The Balaban J connectivity index is 1.80. The van der Waals surface area contributed by atoms with E-state index in [1.807, 2.05) is 24.5 Å². The zero-order valence-electron chi connectivity index (χ0n) is 18.6. The maximum atomic E-state index is 4.69. The van der Waals surface area contributed by atoms with Crippen LogP contribution in [0.1, 0.15) is 26.3 Å². The molecule has 0 unspecified atom stereocenters. The summed E-state index contributed by atoms with van der Waals surface area (Å²) in [5, 5.41) is 7.67. The minimum atomic E-state index is 0.0999. The van der Waals surface area contributed by atoms with Crippen molar-refractivity contribution >= 4 is 32.3 Å². The first-order chi connectivity index (χ1) is 15.5. The summed E-state index contributed by atoms with van der Waals surface area (Å²) < 4.78 is 0. The standard InChI is InChI=1S/C30H24N2/c1-30(2,3)21-16-19-10-12-22-24(26-8-4-6-14-31-26)18-25(27-9-5-7-15-32-27)23-13-11-20(17-21)28(19)29(22)23/h4-18H,1-3H3. The zero-order chi connectivity index (χ0) is 21.9. The molecule has 2 heterocycles. The lowest BCUT2D eigenvalue weighted by atomic mass is 9.82. The van der Waals surface area contributed by atoms with Crippen LogP contribution in [0.5, 0.6) is 0 Å². The number of pyridine rings is 2. The summed E-state index contributed by atoms with van der Waals surface area (Å²) in [7, 11) is 0. The van der Waals surface area contributed by atoms with E-state index in [2.05, 4.69) is 87.5 Å². The van der Waals surface area contributed by atoms with Crippen molar-refractivity contribution in [2.24, 2.45) is 0 Å².